The molecule has 1 amide bonds. The first-order chi connectivity index (χ1) is 8.74. The second-order valence-electron chi connectivity index (χ2n) is 4.63. The first-order valence-corrected chi connectivity index (χ1v) is 6.36. The normalized spacial score (nSPS) is 16.7. The van der Waals surface area contributed by atoms with Gasteiger partial charge in [0.05, 0.1) is 13.7 Å². The number of piperidine rings is 1. The molecule has 18 heavy (non-hydrogen) atoms. The van der Waals surface area contributed by atoms with Crippen molar-refractivity contribution >= 4 is 5.91 Å². The Morgan fingerprint density at radius 2 is 1.94 bits per heavy atom. The van der Waals surface area contributed by atoms with Gasteiger partial charge in [0.15, 0.2) is 0 Å². The third kappa shape index (κ3) is 2.82. The summed E-state index contributed by atoms with van der Waals surface area (Å²) in [5.41, 5.74) is 6.70. The van der Waals surface area contributed by atoms with Gasteiger partial charge in [-0.1, -0.05) is 12.1 Å². The van der Waals surface area contributed by atoms with Crippen molar-refractivity contribution in [1.29, 1.82) is 0 Å². The smallest absolute Gasteiger partial charge is 0.236 e. The Kier molecular flexibility index (Phi) is 4.20. The van der Waals surface area contributed by atoms with Gasteiger partial charge in [0.2, 0.25) is 5.91 Å². The predicted molar refractivity (Wildman–Crippen MR) is 70.6 cm³/mol. The maximum absolute atomic E-state index is 11.5. The molecule has 0 spiro atoms. The third-order valence-electron chi connectivity index (χ3n) is 3.61. The Labute approximate surface area is 108 Å². The van der Waals surface area contributed by atoms with Crippen LogP contribution in [0.5, 0.6) is 5.75 Å². The topological polar surface area (TPSA) is 55.6 Å². The van der Waals surface area contributed by atoms with E-state index in [4.69, 9.17) is 10.5 Å². The molecule has 0 bridgehead atoms. The van der Waals surface area contributed by atoms with Crippen LogP contribution in [0.4, 0.5) is 0 Å². The van der Waals surface area contributed by atoms with Gasteiger partial charge in [-0.15, -0.1) is 0 Å². The molecular weight excluding hydrogens is 228 g/mol. The van der Waals surface area contributed by atoms with Crippen molar-refractivity contribution in [2.75, 3.05) is 26.7 Å². The lowest BCUT2D eigenvalue weighted by atomic mass is 9.89. The van der Waals surface area contributed by atoms with Crippen LogP contribution in [0.2, 0.25) is 0 Å². The number of likely N-dealkylation sites (tertiary alicyclic amines) is 1. The Morgan fingerprint density at radius 1 is 1.33 bits per heavy atom. The highest BCUT2D eigenvalue weighted by Crippen LogP contribution is 2.29. The monoisotopic (exact) mass is 248 g/mol. The number of amides is 1. The molecule has 1 fully saturated rings. The summed E-state index contributed by atoms with van der Waals surface area (Å²) in [6, 6.07) is 8.22. The minimum atomic E-state index is 0.0585. The molecule has 4 nitrogen and oxygen atoms in total. The summed E-state index contributed by atoms with van der Waals surface area (Å²) >= 11 is 0. The number of hydrogen-bond acceptors (Lipinski definition) is 3. The van der Waals surface area contributed by atoms with Crippen LogP contribution in [0, 0.1) is 0 Å². The SMILES string of the molecule is COc1ccc(C2CCN(C(=O)CN)CC2)cc1. The molecule has 1 aromatic rings. The van der Waals surface area contributed by atoms with Crippen LogP contribution in [0.1, 0.15) is 24.3 Å². The van der Waals surface area contributed by atoms with Crippen LogP contribution < -0.4 is 10.5 Å². The van der Waals surface area contributed by atoms with Crippen LogP contribution in [-0.4, -0.2) is 37.6 Å². The Hall–Kier alpha value is -1.55. The van der Waals surface area contributed by atoms with Gasteiger partial charge in [-0.2, -0.15) is 0 Å². The minimum absolute atomic E-state index is 0.0585. The zero-order valence-corrected chi connectivity index (χ0v) is 10.8. The van der Waals surface area contributed by atoms with E-state index >= 15 is 0 Å². The molecule has 0 aliphatic carbocycles. The number of carbonyl (C=O) groups excluding carboxylic acids is 1. The molecule has 0 radical (unpaired) electrons. The maximum Gasteiger partial charge on any atom is 0.236 e. The van der Waals surface area contributed by atoms with Gasteiger partial charge in [0.1, 0.15) is 5.75 Å². The first-order valence-electron chi connectivity index (χ1n) is 6.36. The number of nitrogens with zero attached hydrogens (tertiary/aromatic N) is 1. The van der Waals surface area contributed by atoms with Crippen molar-refractivity contribution in [2.45, 2.75) is 18.8 Å². The van der Waals surface area contributed by atoms with E-state index < -0.39 is 0 Å². The second kappa shape index (κ2) is 5.87. The minimum Gasteiger partial charge on any atom is -0.497 e. The summed E-state index contributed by atoms with van der Waals surface area (Å²) in [5.74, 6) is 1.48. The maximum atomic E-state index is 11.5. The molecule has 1 aliphatic heterocycles. The zero-order chi connectivity index (χ0) is 13.0. The van der Waals surface area contributed by atoms with E-state index in [1.807, 2.05) is 17.0 Å². The summed E-state index contributed by atoms with van der Waals surface area (Å²) in [6.45, 7) is 1.74. The average molecular weight is 248 g/mol. The van der Waals surface area contributed by atoms with Gasteiger partial charge in [0.25, 0.3) is 0 Å². The van der Waals surface area contributed by atoms with E-state index in [2.05, 4.69) is 12.1 Å². The molecule has 0 unspecified atom stereocenters. The van der Waals surface area contributed by atoms with Gasteiger partial charge in [-0.3, -0.25) is 4.79 Å². The van der Waals surface area contributed by atoms with Gasteiger partial charge in [0, 0.05) is 13.1 Å². The van der Waals surface area contributed by atoms with E-state index in [0.717, 1.165) is 31.7 Å². The number of nitrogens with two attached hydrogens (primary N) is 1. The molecule has 1 aromatic carbocycles. The van der Waals surface area contributed by atoms with Crippen LogP contribution in [0.25, 0.3) is 0 Å². The fraction of sp³-hybridized carbons (Fsp3) is 0.500. The number of ether oxygens (including phenoxy) is 1. The van der Waals surface area contributed by atoms with E-state index in [1.165, 1.54) is 5.56 Å². The van der Waals surface area contributed by atoms with Gasteiger partial charge in [-0.05, 0) is 36.5 Å². The largest absolute Gasteiger partial charge is 0.497 e. The van der Waals surface area contributed by atoms with Crippen molar-refractivity contribution in [3.05, 3.63) is 29.8 Å². The summed E-state index contributed by atoms with van der Waals surface area (Å²) < 4.78 is 5.15. The number of hydrogen-bond donors (Lipinski definition) is 1. The highest BCUT2D eigenvalue weighted by molar-refractivity contribution is 5.78. The third-order valence-corrected chi connectivity index (χ3v) is 3.61. The number of benzene rings is 1. The number of carbonyl (C=O) groups is 1. The van der Waals surface area contributed by atoms with Crippen molar-refractivity contribution in [3.8, 4) is 5.75 Å². The fourth-order valence-electron chi connectivity index (χ4n) is 2.47. The molecule has 1 aliphatic rings. The van der Waals surface area contributed by atoms with Crippen LogP contribution >= 0.6 is 0 Å². The molecule has 2 rings (SSSR count). The molecule has 2 N–H and O–H groups in total. The predicted octanol–water partition coefficient (Wildman–Crippen LogP) is 1.36. The van der Waals surface area contributed by atoms with E-state index in [9.17, 15) is 4.79 Å². The van der Waals surface area contributed by atoms with Crippen molar-refractivity contribution in [2.24, 2.45) is 5.73 Å². The summed E-state index contributed by atoms with van der Waals surface area (Å²) in [7, 11) is 1.67. The lowest BCUT2D eigenvalue weighted by molar-refractivity contribution is -0.130. The average Bonchev–Trinajstić information content (AvgIpc) is 2.47. The molecule has 0 atom stereocenters. The van der Waals surface area contributed by atoms with Gasteiger partial charge < -0.3 is 15.4 Å². The van der Waals surface area contributed by atoms with Gasteiger partial charge >= 0.3 is 0 Å². The second-order valence-corrected chi connectivity index (χ2v) is 4.63. The van der Waals surface area contributed by atoms with E-state index in [1.54, 1.807) is 7.11 Å². The Morgan fingerprint density at radius 3 is 2.44 bits per heavy atom. The lowest BCUT2D eigenvalue weighted by Crippen LogP contribution is -2.41. The number of rotatable bonds is 3. The molecule has 1 heterocycles. The Balaban J connectivity index is 1.94. The fourth-order valence-corrected chi connectivity index (χ4v) is 2.47. The van der Waals surface area contributed by atoms with Crippen molar-refractivity contribution in [3.63, 3.8) is 0 Å². The Bertz CT molecular complexity index is 395. The summed E-state index contributed by atoms with van der Waals surface area (Å²) in [4.78, 5) is 13.3. The highest BCUT2D eigenvalue weighted by Gasteiger charge is 2.22. The quantitative estimate of drug-likeness (QED) is 0.878. The van der Waals surface area contributed by atoms with Crippen LogP contribution in [0.3, 0.4) is 0 Å². The molecular formula is C14H20N2O2. The first kappa shape index (κ1) is 12.9. The highest BCUT2D eigenvalue weighted by atomic mass is 16.5. The molecule has 1 saturated heterocycles. The zero-order valence-electron chi connectivity index (χ0n) is 10.8. The molecule has 0 aromatic heterocycles. The van der Waals surface area contributed by atoms with Crippen LogP contribution in [-0.2, 0) is 4.79 Å². The molecule has 0 saturated carbocycles. The number of methoxy groups -OCH3 is 1. The van der Waals surface area contributed by atoms with E-state index in [0.29, 0.717) is 5.92 Å². The summed E-state index contributed by atoms with van der Waals surface area (Å²) in [6.07, 6.45) is 2.02. The summed E-state index contributed by atoms with van der Waals surface area (Å²) in [5, 5.41) is 0. The van der Waals surface area contributed by atoms with E-state index in [-0.39, 0.29) is 12.5 Å². The van der Waals surface area contributed by atoms with Crippen molar-refractivity contribution < 1.29 is 9.53 Å². The van der Waals surface area contributed by atoms with Crippen LogP contribution in [0.15, 0.2) is 24.3 Å². The van der Waals surface area contributed by atoms with Gasteiger partial charge in [-0.25, -0.2) is 0 Å². The van der Waals surface area contributed by atoms with Crippen molar-refractivity contribution in [1.82, 2.24) is 4.90 Å². The molecule has 98 valence electrons. The lowest BCUT2D eigenvalue weighted by Gasteiger charge is -2.32. The standard InChI is InChI=1S/C14H20N2O2/c1-18-13-4-2-11(3-5-13)12-6-8-16(9-7-12)14(17)10-15/h2-5,12H,6-10,15H2,1H3. The molecule has 4 heteroatoms.